The van der Waals surface area contributed by atoms with E-state index in [2.05, 4.69) is 62.3 Å². The van der Waals surface area contributed by atoms with Crippen molar-refractivity contribution in [3.05, 3.63) is 32.7 Å². The van der Waals surface area contributed by atoms with Crippen molar-refractivity contribution in [1.82, 2.24) is 5.32 Å². The van der Waals surface area contributed by atoms with Crippen molar-refractivity contribution in [2.24, 2.45) is 0 Å². The Morgan fingerprint density at radius 2 is 2.13 bits per heavy atom. The summed E-state index contributed by atoms with van der Waals surface area (Å²) in [6, 6.07) is 7.09. The Morgan fingerprint density at radius 1 is 1.33 bits per heavy atom. The van der Waals surface area contributed by atoms with Crippen LogP contribution in [0.5, 0.6) is 0 Å². The highest BCUT2D eigenvalue weighted by Crippen LogP contribution is 2.34. The summed E-state index contributed by atoms with van der Waals surface area (Å²) in [7, 11) is 0. The van der Waals surface area contributed by atoms with Gasteiger partial charge in [-0.2, -0.15) is 0 Å². The summed E-state index contributed by atoms with van der Waals surface area (Å²) in [4.78, 5) is 0. The van der Waals surface area contributed by atoms with Gasteiger partial charge < -0.3 is 0 Å². The van der Waals surface area contributed by atoms with Crippen molar-refractivity contribution in [1.29, 1.82) is 0 Å². The van der Waals surface area contributed by atoms with Crippen molar-refractivity contribution >= 4 is 43.6 Å². The Morgan fingerprint density at radius 3 is 2.80 bits per heavy atom. The van der Waals surface area contributed by atoms with Crippen LogP contribution in [0.15, 0.2) is 27.1 Å². The van der Waals surface area contributed by atoms with Crippen LogP contribution >= 0.6 is 43.6 Å². The Kier molecular flexibility index (Phi) is 4.16. The molecule has 2 atom stereocenters. The second kappa shape index (κ2) is 5.21. The van der Waals surface area contributed by atoms with Gasteiger partial charge in [-0.3, -0.25) is 5.32 Å². The molecule has 1 saturated heterocycles. The largest absolute Gasteiger partial charge is 0.299 e. The van der Waals surface area contributed by atoms with Gasteiger partial charge in [0.1, 0.15) is 0 Å². The molecule has 82 valence electrons. The summed E-state index contributed by atoms with van der Waals surface area (Å²) in [5.41, 5.74) is 1.35. The van der Waals surface area contributed by atoms with E-state index in [1.54, 1.807) is 0 Å². The van der Waals surface area contributed by atoms with Gasteiger partial charge >= 0.3 is 0 Å². The average molecular weight is 351 g/mol. The molecule has 4 heteroatoms. The standard InChI is InChI=1S/C11H13Br2NS/c1-7-4-5-15-11(14-7)8-2-3-9(12)10(13)6-8/h2-3,6-7,11,14H,4-5H2,1H3. The van der Waals surface area contributed by atoms with Crippen LogP contribution in [0.2, 0.25) is 0 Å². The third kappa shape index (κ3) is 2.99. The number of hydrogen-bond donors (Lipinski definition) is 1. The normalized spacial score (nSPS) is 26.6. The van der Waals surface area contributed by atoms with Crippen LogP contribution in [0.25, 0.3) is 0 Å². The molecule has 1 aliphatic rings. The number of nitrogens with one attached hydrogen (secondary N) is 1. The lowest BCUT2D eigenvalue weighted by atomic mass is 10.2. The highest BCUT2D eigenvalue weighted by atomic mass is 79.9. The second-order valence-corrected chi connectivity index (χ2v) is 6.70. The van der Waals surface area contributed by atoms with Gasteiger partial charge in [-0.25, -0.2) is 0 Å². The Labute approximate surface area is 112 Å². The fraction of sp³-hybridized carbons (Fsp3) is 0.455. The molecule has 0 aliphatic carbocycles. The third-order valence-corrected chi connectivity index (χ3v) is 5.61. The first kappa shape index (κ1) is 12.0. The van der Waals surface area contributed by atoms with Crippen molar-refractivity contribution in [2.45, 2.75) is 24.8 Å². The van der Waals surface area contributed by atoms with E-state index in [1.165, 1.54) is 17.7 Å². The number of halogens is 2. The van der Waals surface area contributed by atoms with E-state index in [9.17, 15) is 0 Å². The first-order valence-corrected chi connectivity index (χ1v) is 7.63. The van der Waals surface area contributed by atoms with Gasteiger partial charge in [0.15, 0.2) is 0 Å². The summed E-state index contributed by atoms with van der Waals surface area (Å²) in [6.45, 7) is 2.25. The van der Waals surface area contributed by atoms with Crippen LogP contribution in [0, 0.1) is 0 Å². The van der Waals surface area contributed by atoms with Crippen LogP contribution in [0.3, 0.4) is 0 Å². The minimum absolute atomic E-state index is 0.443. The second-order valence-electron chi connectivity index (χ2n) is 3.78. The smallest absolute Gasteiger partial charge is 0.0791 e. The molecule has 0 saturated carbocycles. The van der Waals surface area contributed by atoms with Gasteiger partial charge in [-0.15, -0.1) is 11.8 Å². The van der Waals surface area contributed by atoms with E-state index in [0.717, 1.165) is 8.95 Å². The third-order valence-electron chi connectivity index (χ3n) is 2.52. The molecule has 1 aliphatic heterocycles. The lowest BCUT2D eigenvalue weighted by Gasteiger charge is -2.28. The topological polar surface area (TPSA) is 12.0 Å². The van der Waals surface area contributed by atoms with Crippen molar-refractivity contribution < 1.29 is 0 Å². The maximum Gasteiger partial charge on any atom is 0.0791 e. The number of thioether (sulfide) groups is 1. The average Bonchev–Trinajstić information content (AvgIpc) is 2.22. The van der Waals surface area contributed by atoms with Crippen molar-refractivity contribution in [2.75, 3.05) is 5.75 Å². The molecule has 1 fully saturated rings. The monoisotopic (exact) mass is 349 g/mol. The van der Waals surface area contributed by atoms with E-state index in [1.807, 2.05) is 11.8 Å². The first-order valence-electron chi connectivity index (χ1n) is 4.99. The maximum atomic E-state index is 3.61. The van der Waals surface area contributed by atoms with Crippen LogP contribution in [-0.2, 0) is 0 Å². The van der Waals surface area contributed by atoms with Crippen LogP contribution in [-0.4, -0.2) is 11.8 Å². The summed E-state index contributed by atoms with van der Waals surface area (Å²) in [6.07, 6.45) is 1.26. The van der Waals surface area contributed by atoms with E-state index in [4.69, 9.17) is 0 Å². The van der Waals surface area contributed by atoms with Crippen molar-refractivity contribution in [3.63, 3.8) is 0 Å². The lowest BCUT2D eigenvalue weighted by Crippen LogP contribution is -2.33. The maximum absolute atomic E-state index is 3.61. The van der Waals surface area contributed by atoms with Gasteiger partial charge in [0.25, 0.3) is 0 Å². The first-order chi connectivity index (χ1) is 7.16. The Balaban J connectivity index is 2.18. The summed E-state index contributed by atoms with van der Waals surface area (Å²) in [5, 5.41) is 4.05. The summed E-state index contributed by atoms with van der Waals surface area (Å²) in [5.74, 6) is 1.24. The zero-order valence-electron chi connectivity index (χ0n) is 8.47. The van der Waals surface area contributed by atoms with E-state index in [-0.39, 0.29) is 0 Å². The predicted molar refractivity (Wildman–Crippen MR) is 74.3 cm³/mol. The molecule has 15 heavy (non-hydrogen) atoms. The number of benzene rings is 1. The minimum atomic E-state index is 0.443. The van der Waals surface area contributed by atoms with Gasteiger partial charge in [-0.1, -0.05) is 6.07 Å². The van der Waals surface area contributed by atoms with Gasteiger partial charge in [-0.05, 0) is 68.7 Å². The number of hydrogen-bond acceptors (Lipinski definition) is 2. The van der Waals surface area contributed by atoms with E-state index < -0.39 is 0 Å². The number of rotatable bonds is 1. The summed E-state index contributed by atoms with van der Waals surface area (Å²) >= 11 is 9.02. The predicted octanol–water partition coefficient (Wildman–Crippen LogP) is 4.33. The minimum Gasteiger partial charge on any atom is -0.299 e. The van der Waals surface area contributed by atoms with E-state index in [0.29, 0.717) is 11.4 Å². The molecule has 0 bridgehead atoms. The van der Waals surface area contributed by atoms with E-state index >= 15 is 0 Å². The molecule has 2 rings (SSSR count). The molecule has 2 unspecified atom stereocenters. The molecule has 1 aromatic rings. The molecule has 1 heterocycles. The molecular formula is C11H13Br2NS. The Bertz CT molecular complexity index is 356. The molecule has 1 aromatic carbocycles. The SMILES string of the molecule is CC1CCSC(c2ccc(Br)c(Br)c2)N1. The van der Waals surface area contributed by atoms with Crippen molar-refractivity contribution in [3.8, 4) is 0 Å². The molecule has 0 aromatic heterocycles. The summed E-state index contributed by atoms with van der Waals surface area (Å²) < 4.78 is 2.24. The van der Waals surface area contributed by atoms with Gasteiger partial charge in [0.2, 0.25) is 0 Å². The molecule has 1 N–H and O–H groups in total. The molecule has 0 amide bonds. The van der Waals surface area contributed by atoms with Gasteiger partial charge in [0, 0.05) is 15.0 Å². The molecular weight excluding hydrogens is 338 g/mol. The van der Waals surface area contributed by atoms with Crippen LogP contribution in [0.1, 0.15) is 24.3 Å². The van der Waals surface area contributed by atoms with Crippen LogP contribution < -0.4 is 5.32 Å². The fourth-order valence-corrected chi connectivity index (χ4v) is 3.66. The highest BCUT2D eigenvalue weighted by Gasteiger charge is 2.19. The zero-order valence-corrected chi connectivity index (χ0v) is 12.5. The molecule has 0 radical (unpaired) electrons. The lowest BCUT2D eigenvalue weighted by molar-refractivity contribution is 0.512. The van der Waals surface area contributed by atoms with Crippen LogP contribution in [0.4, 0.5) is 0 Å². The highest BCUT2D eigenvalue weighted by molar-refractivity contribution is 9.13. The molecule has 1 nitrogen and oxygen atoms in total. The fourth-order valence-electron chi connectivity index (χ4n) is 1.62. The van der Waals surface area contributed by atoms with Gasteiger partial charge in [0.05, 0.1) is 5.37 Å². The Hall–Kier alpha value is 0.490. The zero-order chi connectivity index (χ0) is 10.8. The quantitative estimate of drug-likeness (QED) is 0.809. The molecule has 0 spiro atoms.